The van der Waals surface area contributed by atoms with Crippen LogP contribution in [0, 0.1) is 6.92 Å². The lowest BCUT2D eigenvalue weighted by atomic mass is 10.1. The zero-order valence-corrected chi connectivity index (χ0v) is 12.5. The molecule has 4 heteroatoms. The van der Waals surface area contributed by atoms with E-state index in [-0.39, 0.29) is 0 Å². The third-order valence-electron chi connectivity index (χ3n) is 3.65. The summed E-state index contributed by atoms with van der Waals surface area (Å²) in [5, 5.41) is 1.26. The van der Waals surface area contributed by atoms with Gasteiger partial charge in [0, 0.05) is 35.2 Å². The Balaban J connectivity index is 2.36. The van der Waals surface area contributed by atoms with Crippen LogP contribution in [0.3, 0.4) is 0 Å². The van der Waals surface area contributed by atoms with Crippen molar-refractivity contribution in [3.63, 3.8) is 0 Å². The van der Waals surface area contributed by atoms with E-state index >= 15 is 0 Å². The molecule has 1 aliphatic heterocycles. The summed E-state index contributed by atoms with van der Waals surface area (Å²) >= 11 is 3.76. The van der Waals surface area contributed by atoms with Crippen molar-refractivity contribution in [1.82, 2.24) is 9.47 Å². The average Bonchev–Trinajstić information content (AvgIpc) is 2.62. The number of nitrogens with zero attached hydrogens (tertiary/aromatic N) is 2. The van der Waals surface area contributed by atoms with Crippen LogP contribution in [0.5, 0.6) is 5.75 Å². The van der Waals surface area contributed by atoms with E-state index in [4.69, 9.17) is 4.74 Å². The minimum atomic E-state index is 0.974. The molecule has 3 rings (SSSR count). The number of hydrogen-bond donors (Lipinski definition) is 0. The molecule has 0 saturated carbocycles. The van der Waals surface area contributed by atoms with Crippen LogP contribution >= 0.6 is 15.9 Å². The zero-order valence-electron chi connectivity index (χ0n) is 11.0. The summed E-state index contributed by atoms with van der Waals surface area (Å²) in [6.07, 6.45) is 0. The van der Waals surface area contributed by atoms with Crippen LogP contribution in [0.15, 0.2) is 16.6 Å². The SMILES string of the molecule is COc1cc(C)cc2c(Br)c3n(c12)CCN(C)C3. The van der Waals surface area contributed by atoms with E-state index in [1.54, 1.807) is 7.11 Å². The maximum atomic E-state index is 5.56. The van der Waals surface area contributed by atoms with Gasteiger partial charge in [0.15, 0.2) is 0 Å². The van der Waals surface area contributed by atoms with Crippen LogP contribution in [-0.4, -0.2) is 30.2 Å². The highest BCUT2D eigenvalue weighted by Gasteiger charge is 2.23. The van der Waals surface area contributed by atoms with Gasteiger partial charge in [0.2, 0.25) is 0 Å². The predicted octanol–water partition coefficient (Wildman–Crippen LogP) is 3.17. The lowest BCUT2D eigenvalue weighted by molar-refractivity contribution is 0.271. The summed E-state index contributed by atoms with van der Waals surface area (Å²) in [6.45, 7) is 5.20. The first-order valence-corrected chi connectivity index (χ1v) is 6.95. The van der Waals surface area contributed by atoms with Crippen LogP contribution in [0.4, 0.5) is 0 Å². The number of aryl methyl sites for hydroxylation is 1. The van der Waals surface area contributed by atoms with Crippen molar-refractivity contribution < 1.29 is 4.74 Å². The van der Waals surface area contributed by atoms with Crippen molar-refractivity contribution in [3.05, 3.63) is 27.9 Å². The minimum absolute atomic E-state index is 0.974. The van der Waals surface area contributed by atoms with Gasteiger partial charge in [0.1, 0.15) is 5.75 Å². The van der Waals surface area contributed by atoms with Crippen LogP contribution < -0.4 is 4.74 Å². The van der Waals surface area contributed by atoms with E-state index in [0.29, 0.717) is 0 Å². The normalized spacial score (nSPS) is 16.0. The molecule has 0 amide bonds. The molecule has 1 aliphatic rings. The molecule has 0 bridgehead atoms. The van der Waals surface area contributed by atoms with Gasteiger partial charge in [-0.3, -0.25) is 4.90 Å². The van der Waals surface area contributed by atoms with E-state index in [9.17, 15) is 0 Å². The summed E-state index contributed by atoms with van der Waals surface area (Å²) in [7, 11) is 3.91. The molecule has 1 aromatic heterocycles. The second-order valence-corrected chi connectivity index (χ2v) is 5.81. The lowest BCUT2D eigenvalue weighted by Gasteiger charge is -2.25. The Morgan fingerprint density at radius 3 is 2.78 bits per heavy atom. The van der Waals surface area contributed by atoms with Gasteiger partial charge < -0.3 is 9.30 Å². The van der Waals surface area contributed by atoms with E-state index in [2.05, 4.69) is 51.5 Å². The summed E-state index contributed by atoms with van der Waals surface area (Å²) in [4.78, 5) is 2.35. The Labute approximate surface area is 115 Å². The van der Waals surface area contributed by atoms with Gasteiger partial charge in [0.25, 0.3) is 0 Å². The third kappa shape index (κ3) is 1.67. The molecule has 0 N–H and O–H groups in total. The summed E-state index contributed by atoms with van der Waals surface area (Å²) in [5.74, 6) is 0.974. The molecule has 0 saturated heterocycles. The van der Waals surface area contributed by atoms with Crippen molar-refractivity contribution >= 4 is 26.8 Å². The quantitative estimate of drug-likeness (QED) is 0.805. The number of methoxy groups -OCH3 is 1. The van der Waals surface area contributed by atoms with Gasteiger partial charge in [-0.2, -0.15) is 0 Å². The van der Waals surface area contributed by atoms with E-state index in [1.807, 2.05) is 0 Å². The van der Waals surface area contributed by atoms with Crippen LogP contribution in [0.25, 0.3) is 10.9 Å². The molecule has 0 aliphatic carbocycles. The first-order chi connectivity index (χ1) is 8.61. The van der Waals surface area contributed by atoms with Gasteiger partial charge in [-0.25, -0.2) is 0 Å². The van der Waals surface area contributed by atoms with Crippen molar-refractivity contribution in [3.8, 4) is 5.75 Å². The molecule has 2 aromatic rings. The van der Waals surface area contributed by atoms with Gasteiger partial charge in [-0.1, -0.05) is 0 Å². The highest BCUT2D eigenvalue weighted by atomic mass is 79.9. The smallest absolute Gasteiger partial charge is 0.143 e. The predicted molar refractivity (Wildman–Crippen MR) is 77.3 cm³/mol. The first-order valence-electron chi connectivity index (χ1n) is 6.15. The number of benzene rings is 1. The highest BCUT2D eigenvalue weighted by molar-refractivity contribution is 9.10. The molecule has 96 valence electrons. The number of ether oxygens (including phenoxy) is 1. The van der Waals surface area contributed by atoms with Crippen LogP contribution in [0.2, 0.25) is 0 Å². The Morgan fingerprint density at radius 1 is 1.28 bits per heavy atom. The number of halogens is 1. The fraction of sp³-hybridized carbons (Fsp3) is 0.429. The zero-order chi connectivity index (χ0) is 12.9. The molecular weight excluding hydrogens is 292 g/mol. The van der Waals surface area contributed by atoms with Gasteiger partial charge in [-0.05, 0) is 47.6 Å². The van der Waals surface area contributed by atoms with Crippen molar-refractivity contribution in [1.29, 1.82) is 0 Å². The fourth-order valence-electron chi connectivity index (χ4n) is 2.76. The Kier molecular flexibility index (Phi) is 2.87. The standard InChI is InChI=1S/C14H17BrN2O/c1-9-6-10-13(15)11-8-16(2)4-5-17(11)14(10)12(7-9)18-3/h6-7H,4-5,8H2,1-3H3. The van der Waals surface area contributed by atoms with Gasteiger partial charge in [0.05, 0.1) is 12.6 Å². The molecular formula is C14H17BrN2O. The first kappa shape index (κ1) is 12.1. The lowest BCUT2D eigenvalue weighted by Crippen LogP contribution is -2.30. The molecule has 3 nitrogen and oxygen atoms in total. The molecule has 0 atom stereocenters. The average molecular weight is 309 g/mol. The number of fused-ring (bicyclic) bond motifs is 3. The van der Waals surface area contributed by atoms with Gasteiger partial charge >= 0.3 is 0 Å². The molecule has 0 spiro atoms. The number of hydrogen-bond acceptors (Lipinski definition) is 2. The number of likely N-dealkylation sites (N-methyl/N-ethyl adjacent to an activating group) is 1. The Hall–Kier alpha value is -1.00. The summed E-state index contributed by atoms with van der Waals surface area (Å²) in [6, 6.07) is 4.34. The molecule has 2 heterocycles. The van der Waals surface area contributed by atoms with E-state index < -0.39 is 0 Å². The minimum Gasteiger partial charge on any atom is -0.495 e. The second kappa shape index (κ2) is 4.28. The second-order valence-electron chi connectivity index (χ2n) is 5.01. The van der Waals surface area contributed by atoms with Crippen molar-refractivity contribution in [2.45, 2.75) is 20.0 Å². The van der Waals surface area contributed by atoms with E-state index in [1.165, 1.54) is 26.6 Å². The maximum Gasteiger partial charge on any atom is 0.143 e. The van der Waals surface area contributed by atoms with Crippen LogP contribution in [0.1, 0.15) is 11.3 Å². The topological polar surface area (TPSA) is 17.4 Å². The third-order valence-corrected chi connectivity index (χ3v) is 4.53. The highest BCUT2D eigenvalue weighted by Crippen LogP contribution is 2.38. The Bertz CT molecular complexity index is 618. The maximum absolute atomic E-state index is 5.56. The molecule has 0 unspecified atom stereocenters. The largest absolute Gasteiger partial charge is 0.495 e. The monoisotopic (exact) mass is 308 g/mol. The molecule has 0 fully saturated rings. The summed E-state index contributed by atoms with van der Waals surface area (Å²) in [5.41, 5.74) is 3.80. The molecule has 0 radical (unpaired) electrons. The van der Waals surface area contributed by atoms with Crippen LogP contribution in [-0.2, 0) is 13.1 Å². The van der Waals surface area contributed by atoms with E-state index in [0.717, 1.165) is 25.4 Å². The fourth-order valence-corrected chi connectivity index (χ4v) is 3.40. The number of rotatable bonds is 1. The molecule has 1 aromatic carbocycles. The molecule has 18 heavy (non-hydrogen) atoms. The van der Waals surface area contributed by atoms with Crippen molar-refractivity contribution in [2.75, 3.05) is 20.7 Å². The Morgan fingerprint density at radius 2 is 2.06 bits per heavy atom. The number of aromatic nitrogens is 1. The van der Waals surface area contributed by atoms with Gasteiger partial charge in [-0.15, -0.1) is 0 Å². The summed E-state index contributed by atoms with van der Waals surface area (Å²) < 4.78 is 9.16. The van der Waals surface area contributed by atoms with Crippen molar-refractivity contribution in [2.24, 2.45) is 0 Å².